The fourth-order valence-corrected chi connectivity index (χ4v) is 2.53. The first-order chi connectivity index (χ1) is 9.13. The van der Waals surface area contributed by atoms with E-state index >= 15 is 0 Å². The summed E-state index contributed by atoms with van der Waals surface area (Å²) in [6.45, 7) is 5.09. The molecule has 0 spiro atoms. The molecule has 0 aromatic carbocycles. The minimum absolute atomic E-state index is 0.0500. The molecule has 2 rings (SSSR count). The summed E-state index contributed by atoms with van der Waals surface area (Å²) in [7, 11) is 0. The Bertz CT molecular complexity index is 439. The number of pyridine rings is 1. The summed E-state index contributed by atoms with van der Waals surface area (Å²) in [5.74, 6) is 0.704. The number of anilines is 1. The van der Waals surface area contributed by atoms with Crippen LogP contribution < -0.4 is 10.6 Å². The number of hydrogen-bond acceptors (Lipinski definition) is 3. The topological polar surface area (TPSA) is 54.0 Å². The van der Waals surface area contributed by atoms with Crippen molar-refractivity contribution in [3.05, 3.63) is 23.9 Å². The second-order valence-electron chi connectivity index (χ2n) is 5.56. The van der Waals surface area contributed by atoms with Crippen molar-refractivity contribution in [3.63, 3.8) is 0 Å². The molecule has 4 nitrogen and oxygen atoms in total. The van der Waals surface area contributed by atoms with E-state index in [0.717, 1.165) is 31.6 Å². The van der Waals surface area contributed by atoms with Crippen LogP contribution in [0, 0.1) is 0 Å². The van der Waals surface area contributed by atoms with Gasteiger partial charge in [0.05, 0.1) is 0 Å². The van der Waals surface area contributed by atoms with Crippen LogP contribution in [-0.4, -0.2) is 23.0 Å². The average molecular weight is 261 g/mol. The second kappa shape index (κ2) is 6.04. The lowest BCUT2D eigenvalue weighted by atomic mass is 10.0. The van der Waals surface area contributed by atoms with Crippen LogP contribution in [0.4, 0.5) is 5.82 Å². The minimum Gasteiger partial charge on any atom is -0.370 e. The lowest BCUT2D eigenvalue weighted by Crippen LogP contribution is -2.43. The van der Waals surface area contributed by atoms with Gasteiger partial charge in [0, 0.05) is 12.1 Å². The zero-order valence-electron chi connectivity index (χ0n) is 11.8. The summed E-state index contributed by atoms with van der Waals surface area (Å²) in [6.07, 6.45) is 5.56. The van der Waals surface area contributed by atoms with Crippen molar-refractivity contribution in [1.82, 2.24) is 10.3 Å². The smallest absolute Gasteiger partial charge is 0.270 e. The van der Waals surface area contributed by atoms with Gasteiger partial charge in [-0.1, -0.05) is 25.8 Å². The van der Waals surface area contributed by atoms with Crippen molar-refractivity contribution >= 4 is 11.7 Å². The van der Waals surface area contributed by atoms with Gasteiger partial charge < -0.3 is 10.6 Å². The van der Waals surface area contributed by atoms with E-state index in [2.05, 4.69) is 29.5 Å². The zero-order chi connectivity index (χ0) is 13.7. The van der Waals surface area contributed by atoms with E-state index in [1.54, 1.807) is 6.07 Å². The van der Waals surface area contributed by atoms with Crippen molar-refractivity contribution in [3.8, 4) is 0 Å². The van der Waals surface area contributed by atoms with Gasteiger partial charge in [-0.05, 0) is 38.3 Å². The maximum Gasteiger partial charge on any atom is 0.270 e. The number of amides is 1. The molecule has 104 valence electrons. The van der Waals surface area contributed by atoms with Gasteiger partial charge in [0.2, 0.25) is 0 Å². The first-order valence-electron chi connectivity index (χ1n) is 7.16. The van der Waals surface area contributed by atoms with Crippen LogP contribution in [0.3, 0.4) is 0 Å². The number of nitrogens with one attached hydrogen (secondary N) is 2. The molecule has 1 aliphatic rings. The molecule has 0 radical (unpaired) electrons. The van der Waals surface area contributed by atoms with E-state index in [1.165, 1.54) is 12.8 Å². The number of hydrogen-bond donors (Lipinski definition) is 2. The lowest BCUT2D eigenvalue weighted by molar-refractivity contribution is 0.0903. The van der Waals surface area contributed by atoms with E-state index in [-0.39, 0.29) is 11.4 Å². The largest absolute Gasteiger partial charge is 0.370 e. The summed E-state index contributed by atoms with van der Waals surface area (Å²) < 4.78 is 0. The Morgan fingerprint density at radius 3 is 2.79 bits per heavy atom. The molecule has 0 saturated heterocycles. The highest BCUT2D eigenvalue weighted by atomic mass is 16.2. The van der Waals surface area contributed by atoms with Gasteiger partial charge in [-0.2, -0.15) is 0 Å². The molecule has 0 aliphatic heterocycles. The molecule has 1 aliphatic carbocycles. The molecule has 1 fully saturated rings. The SMILES string of the molecule is CCCNc1cccc(C(=O)NC2(C)CCCC2)n1. The number of carbonyl (C=O) groups is 1. The molecule has 2 N–H and O–H groups in total. The molecule has 0 bridgehead atoms. The molecule has 1 saturated carbocycles. The maximum absolute atomic E-state index is 12.2. The van der Waals surface area contributed by atoms with Crippen LogP contribution >= 0.6 is 0 Å². The first kappa shape index (κ1) is 13.8. The van der Waals surface area contributed by atoms with Crippen LogP contribution in [0.5, 0.6) is 0 Å². The Morgan fingerprint density at radius 2 is 2.11 bits per heavy atom. The van der Waals surface area contributed by atoms with Gasteiger partial charge in [-0.25, -0.2) is 4.98 Å². The summed E-state index contributed by atoms with van der Waals surface area (Å²) in [6, 6.07) is 5.53. The quantitative estimate of drug-likeness (QED) is 0.856. The van der Waals surface area contributed by atoms with Crippen LogP contribution in [0.15, 0.2) is 18.2 Å². The van der Waals surface area contributed by atoms with Crippen LogP contribution in [0.1, 0.15) is 56.4 Å². The maximum atomic E-state index is 12.2. The van der Waals surface area contributed by atoms with E-state index < -0.39 is 0 Å². The predicted molar refractivity (Wildman–Crippen MR) is 77.4 cm³/mol. The highest BCUT2D eigenvalue weighted by Crippen LogP contribution is 2.29. The highest BCUT2D eigenvalue weighted by Gasteiger charge is 2.30. The Labute approximate surface area is 115 Å². The van der Waals surface area contributed by atoms with Crippen LogP contribution in [0.25, 0.3) is 0 Å². The van der Waals surface area contributed by atoms with Gasteiger partial charge in [0.25, 0.3) is 5.91 Å². The third kappa shape index (κ3) is 3.69. The predicted octanol–water partition coefficient (Wildman–Crippen LogP) is 2.97. The molecular weight excluding hydrogens is 238 g/mol. The molecule has 19 heavy (non-hydrogen) atoms. The van der Waals surface area contributed by atoms with Gasteiger partial charge in [-0.15, -0.1) is 0 Å². The van der Waals surface area contributed by atoms with E-state index in [4.69, 9.17) is 0 Å². The molecule has 1 aromatic rings. The standard InChI is InChI=1S/C15H23N3O/c1-3-11-16-13-8-6-7-12(17-13)14(19)18-15(2)9-4-5-10-15/h6-8H,3-5,9-11H2,1-2H3,(H,16,17)(H,18,19). The third-order valence-electron chi connectivity index (χ3n) is 3.66. The van der Waals surface area contributed by atoms with Crippen molar-refractivity contribution in [2.24, 2.45) is 0 Å². The number of carbonyl (C=O) groups excluding carboxylic acids is 1. The van der Waals surface area contributed by atoms with Crippen LogP contribution in [-0.2, 0) is 0 Å². The summed E-state index contributed by atoms with van der Waals surface area (Å²) >= 11 is 0. The normalized spacial score (nSPS) is 17.2. The van der Waals surface area contributed by atoms with E-state index in [0.29, 0.717) is 5.69 Å². The van der Waals surface area contributed by atoms with E-state index in [1.807, 2.05) is 12.1 Å². The Hall–Kier alpha value is -1.58. The van der Waals surface area contributed by atoms with Crippen molar-refractivity contribution in [1.29, 1.82) is 0 Å². The fourth-order valence-electron chi connectivity index (χ4n) is 2.53. The highest BCUT2D eigenvalue weighted by molar-refractivity contribution is 5.93. The lowest BCUT2D eigenvalue weighted by Gasteiger charge is -2.25. The average Bonchev–Trinajstić information content (AvgIpc) is 2.83. The van der Waals surface area contributed by atoms with Gasteiger partial charge >= 0.3 is 0 Å². The fraction of sp³-hybridized carbons (Fsp3) is 0.600. The number of nitrogens with zero attached hydrogens (tertiary/aromatic N) is 1. The van der Waals surface area contributed by atoms with Crippen molar-refractivity contribution < 1.29 is 4.79 Å². The minimum atomic E-state index is -0.0652. The second-order valence-corrected chi connectivity index (χ2v) is 5.56. The molecular formula is C15H23N3O. The molecule has 1 amide bonds. The molecule has 0 unspecified atom stereocenters. The van der Waals surface area contributed by atoms with Gasteiger partial charge in [-0.3, -0.25) is 4.79 Å². The Morgan fingerprint density at radius 1 is 1.37 bits per heavy atom. The molecule has 1 aromatic heterocycles. The summed E-state index contributed by atoms with van der Waals surface area (Å²) in [4.78, 5) is 16.6. The monoisotopic (exact) mass is 261 g/mol. The molecule has 4 heteroatoms. The molecule has 0 atom stereocenters. The van der Waals surface area contributed by atoms with Crippen LogP contribution in [0.2, 0.25) is 0 Å². The Kier molecular flexibility index (Phi) is 4.40. The third-order valence-corrected chi connectivity index (χ3v) is 3.66. The van der Waals surface area contributed by atoms with E-state index in [9.17, 15) is 4.79 Å². The van der Waals surface area contributed by atoms with Gasteiger partial charge in [0.1, 0.15) is 11.5 Å². The summed E-state index contributed by atoms with van der Waals surface area (Å²) in [5, 5.41) is 6.33. The van der Waals surface area contributed by atoms with Crippen molar-refractivity contribution in [2.75, 3.05) is 11.9 Å². The number of aromatic nitrogens is 1. The zero-order valence-corrected chi connectivity index (χ0v) is 11.8. The summed E-state index contributed by atoms with van der Waals surface area (Å²) in [5.41, 5.74) is 0.445. The Balaban J connectivity index is 2.02. The first-order valence-corrected chi connectivity index (χ1v) is 7.16. The van der Waals surface area contributed by atoms with Gasteiger partial charge in [0.15, 0.2) is 0 Å². The van der Waals surface area contributed by atoms with Crippen molar-refractivity contribution in [2.45, 2.75) is 51.5 Å². The number of rotatable bonds is 5. The molecule has 1 heterocycles.